The standard InChI is InChI=1S/C16H12N4O/c1-20-9-10-7-11(16(21)8-15(10)19-20)12-4-5-13-14(18-12)3-2-6-17-13/h2-9,21H,1H3. The lowest BCUT2D eigenvalue weighted by molar-refractivity contribution is 0.478. The van der Waals surface area contributed by atoms with Crippen LogP contribution in [0.5, 0.6) is 5.75 Å². The van der Waals surface area contributed by atoms with Crippen LogP contribution in [0.3, 0.4) is 0 Å². The molecule has 0 aliphatic rings. The van der Waals surface area contributed by atoms with Crippen LogP contribution in [0.4, 0.5) is 0 Å². The molecule has 0 spiro atoms. The summed E-state index contributed by atoms with van der Waals surface area (Å²) in [6, 6.07) is 11.1. The molecule has 5 heteroatoms. The van der Waals surface area contributed by atoms with E-state index in [-0.39, 0.29) is 5.75 Å². The summed E-state index contributed by atoms with van der Waals surface area (Å²) in [7, 11) is 1.86. The van der Waals surface area contributed by atoms with Crippen molar-refractivity contribution in [3.63, 3.8) is 0 Å². The van der Waals surface area contributed by atoms with Crippen molar-refractivity contribution in [1.82, 2.24) is 19.7 Å². The summed E-state index contributed by atoms with van der Waals surface area (Å²) in [5.74, 6) is 0.178. The van der Waals surface area contributed by atoms with Crippen molar-refractivity contribution in [3.8, 4) is 17.0 Å². The SMILES string of the molecule is Cn1cc2cc(-c3ccc4ncccc4n3)c(O)cc2n1. The maximum Gasteiger partial charge on any atom is 0.127 e. The van der Waals surface area contributed by atoms with Gasteiger partial charge in [-0.1, -0.05) is 0 Å². The lowest BCUT2D eigenvalue weighted by Crippen LogP contribution is -1.87. The third-order valence-electron chi connectivity index (χ3n) is 3.47. The number of pyridine rings is 2. The van der Waals surface area contributed by atoms with Gasteiger partial charge in [0.25, 0.3) is 0 Å². The second kappa shape index (κ2) is 4.28. The molecule has 0 fully saturated rings. The fourth-order valence-electron chi connectivity index (χ4n) is 2.50. The van der Waals surface area contributed by atoms with Gasteiger partial charge in [-0.15, -0.1) is 0 Å². The van der Waals surface area contributed by atoms with E-state index in [1.54, 1.807) is 16.9 Å². The first-order valence-electron chi connectivity index (χ1n) is 6.59. The third-order valence-corrected chi connectivity index (χ3v) is 3.47. The summed E-state index contributed by atoms with van der Waals surface area (Å²) in [6.45, 7) is 0. The molecule has 3 heterocycles. The number of aryl methyl sites for hydroxylation is 1. The zero-order chi connectivity index (χ0) is 14.4. The van der Waals surface area contributed by atoms with Crippen LogP contribution in [0.1, 0.15) is 0 Å². The quantitative estimate of drug-likeness (QED) is 0.580. The van der Waals surface area contributed by atoms with E-state index in [2.05, 4.69) is 15.1 Å². The minimum absolute atomic E-state index is 0.178. The Morgan fingerprint density at radius 1 is 1.05 bits per heavy atom. The van der Waals surface area contributed by atoms with Crippen LogP contribution in [-0.4, -0.2) is 24.9 Å². The molecule has 102 valence electrons. The number of phenols is 1. The van der Waals surface area contributed by atoms with Gasteiger partial charge in [-0.3, -0.25) is 9.67 Å². The van der Waals surface area contributed by atoms with Gasteiger partial charge in [-0.2, -0.15) is 5.10 Å². The molecule has 0 unspecified atom stereocenters. The number of hydrogen-bond acceptors (Lipinski definition) is 4. The molecule has 0 saturated carbocycles. The highest BCUT2D eigenvalue weighted by Crippen LogP contribution is 2.32. The Morgan fingerprint density at radius 3 is 2.86 bits per heavy atom. The van der Waals surface area contributed by atoms with Crippen LogP contribution in [0.15, 0.2) is 48.8 Å². The number of aromatic nitrogens is 4. The van der Waals surface area contributed by atoms with Crippen molar-refractivity contribution in [2.24, 2.45) is 7.05 Å². The monoisotopic (exact) mass is 276 g/mol. The maximum absolute atomic E-state index is 10.2. The topological polar surface area (TPSA) is 63.8 Å². The lowest BCUT2D eigenvalue weighted by Gasteiger charge is -2.05. The second-order valence-corrected chi connectivity index (χ2v) is 4.97. The lowest BCUT2D eigenvalue weighted by atomic mass is 10.1. The molecule has 0 aliphatic heterocycles. The maximum atomic E-state index is 10.2. The number of phenolic OH excluding ortho intramolecular Hbond substituents is 1. The molecule has 3 aromatic heterocycles. The smallest absolute Gasteiger partial charge is 0.127 e. The Kier molecular flexibility index (Phi) is 2.41. The molecular formula is C16H12N4O. The fraction of sp³-hybridized carbons (Fsp3) is 0.0625. The van der Waals surface area contributed by atoms with E-state index in [4.69, 9.17) is 0 Å². The predicted octanol–water partition coefficient (Wildman–Crippen LogP) is 2.89. The van der Waals surface area contributed by atoms with Crippen LogP contribution >= 0.6 is 0 Å². The van der Waals surface area contributed by atoms with Gasteiger partial charge in [0.05, 0.1) is 22.2 Å². The molecular weight excluding hydrogens is 264 g/mol. The van der Waals surface area contributed by atoms with E-state index in [0.717, 1.165) is 27.6 Å². The second-order valence-electron chi connectivity index (χ2n) is 4.97. The van der Waals surface area contributed by atoms with Crippen LogP contribution < -0.4 is 0 Å². The van der Waals surface area contributed by atoms with E-state index in [0.29, 0.717) is 5.56 Å². The van der Waals surface area contributed by atoms with E-state index >= 15 is 0 Å². The van der Waals surface area contributed by atoms with Crippen molar-refractivity contribution in [2.75, 3.05) is 0 Å². The molecule has 0 amide bonds. The number of benzene rings is 1. The largest absolute Gasteiger partial charge is 0.507 e. The molecule has 0 aliphatic carbocycles. The Bertz CT molecular complexity index is 975. The van der Waals surface area contributed by atoms with E-state index < -0.39 is 0 Å². The van der Waals surface area contributed by atoms with Crippen LogP contribution in [-0.2, 0) is 7.05 Å². The van der Waals surface area contributed by atoms with Crippen molar-refractivity contribution in [1.29, 1.82) is 0 Å². The molecule has 1 aromatic carbocycles. The van der Waals surface area contributed by atoms with Crippen LogP contribution in [0.25, 0.3) is 33.2 Å². The van der Waals surface area contributed by atoms with Gasteiger partial charge in [0.15, 0.2) is 0 Å². The summed E-state index contributed by atoms with van der Waals surface area (Å²) < 4.78 is 1.73. The first-order chi connectivity index (χ1) is 10.2. The van der Waals surface area contributed by atoms with Gasteiger partial charge in [-0.05, 0) is 30.3 Å². The molecule has 0 atom stereocenters. The Hall–Kier alpha value is -2.95. The van der Waals surface area contributed by atoms with E-state index in [1.165, 1.54) is 0 Å². The van der Waals surface area contributed by atoms with Gasteiger partial charge in [-0.25, -0.2) is 4.98 Å². The molecule has 0 saturated heterocycles. The third kappa shape index (κ3) is 1.90. The number of aromatic hydroxyl groups is 1. The molecule has 4 rings (SSSR count). The van der Waals surface area contributed by atoms with Gasteiger partial charge >= 0.3 is 0 Å². The summed E-state index contributed by atoms with van der Waals surface area (Å²) >= 11 is 0. The first kappa shape index (κ1) is 11.8. The van der Waals surface area contributed by atoms with E-state index in [1.807, 2.05) is 43.6 Å². The Balaban J connectivity index is 1.96. The summed E-state index contributed by atoms with van der Waals surface area (Å²) in [4.78, 5) is 8.82. The highest BCUT2D eigenvalue weighted by molar-refractivity contribution is 5.88. The van der Waals surface area contributed by atoms with Crippen molar-refractivity contribution < 1.29 is 5.11 Å². The molecule has 1 N–H and O–H groups in total. The molecule has 0 bridgehead atoms. The highest BCUT2D eigenvalue weighted by Gasteiger charge is 2.10. The Morgan fingerprint density at radius 2 is 1.95 bits per heavy atom. The van der Waals surface area contributed by atoms with Gasteiger partial charge in [0.1, 0.15) is 5.75 Å². The minimum atomic E-state index is 0.178. The van der Waals surface area contributed by atoms with Crippen molar-refractivity contribution >= 4 is 21.9 Å². The summed E-state index contributed by atoms with van der Waals surface area (Å²) in [5, 5.41) is 15.5. The van der Waals surface area contributed by atoms with Gasteiger partial charge in [0, 0.05) is 36.5 Å². The highest BCUT2D eigenvalue weighted by atomic mass is 16.3. The van der Waals surface area contributed by atoms with Crippen molar-refractivity contribution in [3.05, 3.63) is 48.8 Å². The molecule has 21 heavy (non-hydrogen) atoms. The number of nitrogens with zero attached hydrogens (tertiary/aromatic N) is 4. The van der Waals surface area contributed by atoms with E-state index in [9.17, 15) is 5.11 Å². The predicted molar refractivity (Wildman–Crippen MR) is 80.9 cm³/mol. The number of hydrogen-bond donors (Lipinski definition) is 1. The minimum Gasteiger partial charge on any atom is -0.507 e. The molecule has 4 aromatic rings. The normalized spacial score (nSPS) is 11.3. The summed E-state index contributed by atoms with van der Waals surface area (Å²) in [5.41, 5.74) is 3.82. The first-order valence-corrected chi connectivity index (χ1v) is 6.59. The van der Waals surface area contributed by atoms with Crippen LogP contribution in [0, 0.1) is 0 Å². The average Bonchev–Trinajstić information content (AvgIpc) is 2.85. The number of rotatable bonds is 1. The zero-order valence-corrected chi connectivity index (χ0v) is 11.4. The molecule has 5 nitrogen and oxygen atoms in total. The fourth-order valence-corrected chi connectivity index (χ4v) is 2.50. The van der Waals surface area contributed by atoms with Crippen LogP contribution in [0.2, 0.25) is 0 Å². The average molecular weight is 276 g/mol. The number of fused-ring (bicyclic) bond motifs is 2. The Labute approximate surface area is 120 Å². The zero-order valence-electron chi connectivity index (χ0n) is 11.4. The summed E-state index contributed by atoms with van der Waals surface area (Å²) in [6.07, 6.45) is 3.66. The molecule has 0 radical (unpaired) electrons. The van der Waals surface area contributed by atoms with Gasteiger partial charge in [0.2, 0.25) is 0 Å². The van der Waals surface area contributed by atoms with Crippen molar-refractivity contribution in [2.45, 2.75) is 0 Å². The van der Waals surface area contributed by atoms with Gasteiger partial charge < -0.3 is 5.11 Å².